The summed E-state index contributed by atoms with van der Waals surface area (Å²) in [5.41, 5.74) is 1.59. The van der Waals surface area contributed by atoms with Gasteiger partial charge in [0.25, 0.3) is 5.91 Å². The smallest absolute Gasteiger partial charge is 0.254 e. The summed E-state index contributed by atoms with van der Waals surface area (Å²) in [4.78, 5) is 16.0. The van der Waals surface area contributed by atoms with Crippen LogP contribution in [-0.4, -0.2) is 26.4 Å². The van der Waals surface area contributed by atoms with Crippen molar-refractivity contribution in [2.45, 2.75) is 6.42 Å². The van der Waals surface area contributed by atoms with E-state index in [2.05, 4.69) is 15.2 Å². The van der Waals surface area contributed by atoms with E-state index in [9.17, 15) is 4.79 Å². The molecule has 0 N–H and O–H groups in total. The van der Waals surface area contributed by atoms with E-state index in [0.29, 0.717) is 5.82 Å². The minimum atomic E-state index is -0.0763. The van der Waals surface area contributed by atoms with E-state index in [0.717, 1.165) is 11.3 Å². The van der Waals surface area contributed by atoms with E-state index >= 15 is 0 Å². The van der Waals surface area contributed by atoms with Crippen molar-refractivity contribution in [3.8, 4) is 0 Å². The molecule has 90 valence electrons. The third kappa shape index (κ3) is 1.77. The molecule has 0 radical (unpaired) electrons. The molecule has 1 aliphatic heterocycles. The first-order valence-corrected chi connectivity index (χ1v) is 5.54. The van der Waals surface area contributed by atoms with E-state index in [1.807, 2.05) is 19.3 Å². The molecule has 3 rings (SSSR count). The molecular weight excluding hydrogens is 230 g/mol. The Balaban J connectivity index is 1.94. The van der Waals surface area contributed by atoms with Gasteiger partial charge in [0.05, 0.1) is 18.3 Å². The Hall–Kier alpha value is -2.50. The van der Waals surface area contributed by atoms with E-state index in [1.54, 1.807) is 29.2 Å². The number of rotatable bonds is 2. The van der Waals surface area contributed by atoms with Crippen molar-refractivity contribution in [2.24, 2.45) is 12.1 Å². The second kappa shape index (κ2) is 4.06. The first-order chi connectivity index (χ1) is 8.74. The summed E-state index contributed by atoms with van der Waals surface area (Å²) in [6.45, 7) is 0. The monoisotopic (exact) mass is 241 g/mol. The summed E-state index contributed by atoms with van der Waals surface area (Å²) in [7, 11) is 1.83. The number of aromatic nitrogens is 3. The van der Waals surface area contributed by atoms with Gasteiger partial charge in [-0.1, -0.05) is 6.07 Å². The molecule has 0 fully saturated rings. The van der Waals surface area contributed by atoms with Crippen LogP contribution in [0, 0.1) is 0 Å². The van der Waals surface area contributed by atoms with Crippen molar-refractivity contribution in [3.05, 3.63) is 42.4 Å². The molecule has 6 nitrogen and oxygen atoms in total. The average molecular weight is 241 g/mol. The lowest BCUT2D eigenvalue weighted by Crippen LogP contribution is -2.20. The summed E-state index contributed by atoms with van der Waals surface area (Å²) in [6.07, 6.45) is 5.46. The molecule has 1 amide bonds. The highest BCUT2D eigenvalue weighted by Gasteiger charge is 2.27. The molecule has 0 saturated carbocycles. The number of carbonyl (C=O) groups excluding carboxylic acids is 1. The Morgan fingerprint density at radius 3 is 2.89 bits per heavy atom. The molecule has 0 aliphatic carbocycles. The molecule has 3 heterocycles. The lowest BCUT2D eigenvalue weighted by molar-refractivity contribution is -0.116. The predicted octanol–water partition coefficient (Wildman–Crippen LogP) is 0.956. The summed E-state index contributed by atoms with van der Waals surface area (Å²) >= 11 is 0. The third-order valence-electron chi connectivity index (χ3n) is 2.68. The number of carbonyl (C=O) groups is 1. The van der Waals surface area contributed by atoms with Crippen molar-refractivity contribution in [2.75, 3.05) is 5.01 Å². The zero-order valence-electron chi connectivity index (χ0n) is 9.82. The largest absolute Gasteiger partial charge is 0.275 e. The number of hydrogen-bond acceptors (Lipinski definition) is 4. The topological polar surface area (TPSA) is 63.4 Å². The molecule has 0 spiro atoms. The quantitative estimate of drug-likeness (QED) is 0.786. The lowest BCUT2D eigenvalue weighted by Gasteiger charge is -2.08. The van der Waals surface area contributed by atoms with Crippen LogP contribution in [0.15, 0.2) is 41.9 Å². The number of aryl methyl sites for hydroxylation is 1. The number of hydrazone groups is 1. The van der Waals surface area contributed by atoms with Gasteiger partial charge >= 0.3 is 0 Å². The highest BCUT2D eigenvalue weighted by molar-refractivity contribution is 6.18. The number of pyridine rings is 1. The van der Waals surface area contributed by atoms with Gasteiger partial charge in [-0.2, -0.15) is 15.2 Å². The molecular formula is C12H11N5O. The molecule has 6 heteroatoms. The van der Waals surface area contributed by atoms with Gasteiger partial charge < -0.3 is 0 Å². The Bertz CT molecular complexity index is 616. The molecule has 0 bridgehead atoms. The van der Waals surface area contributed by atoms with Crippen LogP contribution in [0.5, 0.6) is 0 Å². The maximum Gasteiger partial charge on any atom is 0.254 e. The zero-order chi connectivity index (χ0) is 12.5. The molecule has 2 aromatic heterocycles. The van der Waals surface area contributed by atoms with Crippen LogP contribution in [0.2, 0.25) is 0 Å². The van der Waals surface area contributed by atoms with Gasteiger partial charge in [-0.05, 0) is 12.1 Å². The molecule has 1 aliphatic rings. The fraction of sp³-hybridized carbons (Fsp3) is 0.167. The van der Waals surface area contributed by atoms with Crippen LogP contribution in [0.4, 0.5) is 5.82 Å². The van der Waals surface area contributed by atoms with Crippen LogP contribution in [0.3, 0.4) is 0 Å². The maximum absolute atomic E-state index is 11.9. The first kappa shape index (κ1) is 10.6. The summed E-state index contributed by atoms with van der Waals surface area (Å²) < 4.78 is 1.69. The summed E-state index contributed by atoms with van der Waals surface area (Å²) in [6, 6.07) is 5.39. The van der Waals surface area contributed by atoms with E-state index in [1.165, 1.54) is 5.01 Å². The van der Waals surface area contributed by atoms with Gasteiger partial charge in [0.15, 0.2) is 5.82 Å². The SMILES string of the molecule is Cn1cc(C2=NN(c3ccccn3)C(=O)C2)cn1. The van der Waals surface area contributed by atoms with Crippen LogP contribution in [-0.2, 0) is 11.8 Å². The Morgan fingerprint density at radius 1 is 1.33 bits per heavy atom. The third-order valence-corrected chi connectivity index (χ3v) is 2.68. The van der Waals surface area contributed by atoms with E-state index in [-0.39, 0.29) is 12.3 Å². The van der Waals surface area contributed by atoms with Gasteiger partial charge in [-0.25, -0.2) is 4.98 Å². The highest BCUT2D eigenvalue weighted by Crippen LogP contribution is 2.20. The van der Waals surface area contributed by atoms with E-state index < -0.39 is 0 Å². The molecule has 0 atom stereocenters. The zero-order valence-corrected chi connectivity index (χ0v) is 9.82. The first-order valence-electron chi connectivity index (χ1n) is 5.54. The average Bonchev–Trinajstić information content (AvgIpc) is 2.97. The number of amides is 1. The molecule has 0 unspecified atom stereocenters. The van der Waals surface area contributed by atoms with Crippen molar-refractivity contribution >= 4 is 17.4 Å². The van der Waals surface area contributed by atoms with Crippen LogP contribution in [0.1, 0.15) is 12.0 Å². The van der Waals surface area contributed by atoms with Gasteiger partial charge in [0, 0.05) is 25.0 Å². The minimum Gasteiger partial charge on any atom is -0.275 e. The molecule has 0 saturated heterocycles. The second-order valence-corrected chi connectivity index (χ2v) is 4.02. The van der Waals surface area contributed by atoms with Crippen molar-refractivity contribution < 1.29 is 4.79 Å². The standard InChI is InChI=1S/C12H11N5O/c1-16-8-9(7-14-16)10-6-12(18)17(15-10)11-4-2-3-5-13-11/h2-5,7-8H,6H2,1H3. The minimum absolute atomic E-state index is 0.0763. The van der Waals surface area contributed by atoms with Gasteiger partial charge in [0.1, 0.15) is 0 Å². The second-order valence-electron chi connectivity index (χ2n) is 4.02. The van der Waals surface area contributed by atoms with Crippen molar-refractivity contribution in [3.63, 3.8) is 0 Å². The number of anilines is 1. The summed E-state index contributed by atoms with van der Waals surface area (Å²) in [5, 5.41) is 9.72. The number of nitrogens with zero attached hydrogens (tertiary/aromatic N) is 5. The predicted molar refractivity (Wildman–Crippen MR) is 66.1 cm³/mol. The van der Waals surface area contributed by atoms with Gasteiger partial charge in [-0.3, -0.25) is 9.48 Å². The highest BCUT2D eigenvalue weighted by atomic mass is 16.2. The fourth-order valence-corrected chi connectivity index (χ4v) is 1.82. The van der Waals surface area contributed by atoms with Crippen LogP contribution >= 0.6 is 0 Å². The molecule has 2 aromatic rings. The normalized spacial score (nSPS) is 15.1. The van der Waals surface area contributed by atoms with Crippen molar-refractivity contribution in [1.29, 1.82) is 0 Å². The van der Waals surface area contributed by atoms with Gasteiger partial charge in [0.2, 0.25) is 0 Å². The van der Waals surface area contributed by atoms with Gasteiger partial charge in [-0.15, -0.1) is 0 Å². The maximum atomic E-state index is 11.9. The van der Waals surface area contributed by atoms with E-state index in [4.69, 9.17) is 0 Å². The van der Waals surface area contributed by atoms with Crippen LogP contribution < -0.4 is 5.01 Å². The Morgan fingerprint density at radius 2 is 2.22 bits per heavy atom. The fourth-order valence-electron chi connectivity index (χ4n) is 1.82. The number of hydrogen-bond donors (Lipinski definition) is 0. The van der Waals surface area contributed by atoms with Crippen LogP contribution in [0.25, 0.3) is 0 Å². The molecule has 18 heavy (non-hydrogen) atoms. The lowest BCUT2D eigenvalue weighted by atomic mass is 10.2. The Labute approximate surface area is 104 Å². The van der Waals surface area contributed by atoms with Crippen molar-refractivity contribution in [1.82, 2.24) is 14.8 Å². The summed E-state index contributed by atoms with van der Waals surface area (Å²) in [5.74, 6) is 0.467. The Kier molecular flexibility index (Phi) is 2.40. The molecule has 0 aromatic carbocycles.